The molecule has 0 fully saturated rings. The SMILES string of the molecule is Cc1cccc2sc(C(N)=S)c(OC(C)C)c12. The van der Waals surface area contributed by atoms with E-state index in [1.54, 1.807) is 11.3 Å². The van der Waals surface area contributed by atoms with Gasteiger partial charge in [0.15, 0.2) is 0 Å². The third-order valence-corrected chi connectivity index (χ3v) is 3.96. The second kappa shape index (κ2) is 4.63. The summed E-state index contributed by atoms with van der Waals surface area (Å²) in [6.07, 6.45) is 0.112. The number of ether oxygens (including phenoxy) is 1. The van der Waals surface area contributed by atoms with Crippen molar-refractivity contribution in [2.45, 2.75) is 26.9 Å². The van der Waals surface area contributed by atoms with E-state index in [9.17, 15) is 0 Å². The molecule has 90 valence electrons. The van der Waals surface area contributed by atoms with Crippen LogP contribution in [-0.4, -0.2) is 11.1 Å². The molecule has 0 unspecified atom stereocenters. The summed E-state index contributed by atoms with van der Waals surface area (Å²) in [6.45, 7) is 6.09. The van der Waals surface area contributed by atoms with Gasteiger partial charge in [0.05, 0.1) is 6.10 Å². The fraction of sp³-hybridized carbons (Fsp3) is 0.308. The monoisotopic (exact) mass is 265 g/mol. The summed E-state index contributed by atoms with van der Waals surface area (Å²) in [6, 6.07) is 6.18. The standard InChI is InChI=1S/C13H15NOS2/c1-7(2)15-11-10-8(3)5-4-6-9(10)17-12(11)13(14)16/h4-7H,1-3H3,(H2,14,16). The van der Waals surface area contributed by atoms with Gasteiger partial charge < -0.3 is 10.5 Å². The molecular formula is C13H15NOS2. The van der Waals surface area contributed by atoms with Gasteiger partial charge in [-0.1, -0.05) is 24.4 Å². The Balaban J connectivity index is 2.73. The summed E-state index contributed by atoms with van der Waals surface area (Å²) in [5.41, 5.74) is 6.96. The summed E-state index contributed by atoms with van der Waals surface area (Å²) in [7, 11) is 0. The lowest BCUT2D eigenvalue weighted by atomic mass is 10.1. The fourth-order valence-corrected chi connectivity index (χ4v) is 3.08. The number of aryl methyl sites for hydroxylation is 1. The second-order valence-electron chi connectivity index (χ2n) is 4.24. The minimum atomic E-state index is 0.112. The van der Waals surface area contributed by atoms with E-state index in [1.165, 1.54) is 10.3 Å². The summed E-state index contributed by atoms with van der Waals surface area (Å²) in [4.78, 5) is 1.28. The van der Waals surface area contributed by atoms with E-state index in [4.69, 9.17) is 22.7 Å². The van der Waals surface area contributed by atoms with Gasteiger partial charge in [-0.15, -0.1) is 11.3 Å². The number of hydrogen-bond acceptors (Lipinski definition) is 3. The molecule has 0 aliphatic rings. The molecule has 0 radical (unpaired) electrons. The second-order valence-corrected chi connectivity index (χ2v) is 5.73. The minimum absolute atomic E-state index is 0.112. The van der Waals surface area contributed by atoms with Gasteiger partial charge >= 0.3 is 0 Å². The van der Waals surface area contributed by atoms with Crippen molar-refractivity contribution in [3.63, 3.8) is 0 Å². The van der Waals surface area contributed by atoms with Crippen molar-refractivity contribution < 1.29 is 4.74 Å². The lowest BCUT2D eigenvalue weighted by Gasteiger charge is -2.11. The van der Waals surface area contributed by atoms with Crippen LogP contribution in [0.15, 0.2) is 18.2 Å². The zero-order chi connectivity index (χ0) is 12.6. The van der Waals surface area contributed by atoms with Crippen molar-refractivity contribution in [1.29, 1.82) is 0 Å². The quantitative estimate of drug-likeness (QED) is 0.861. The maximum absolute atomic E-state index is 5.88. The van der Waals surface area contributed by atoms with Gasteiger partial charge in [0.25, 0.3) is 0 Å². The van der Waals surface area contributed by atoms with Crippen molar-refractivity contribution in [2.75, 3.05) is 0 Å². The van der Waals surface area contributed by atoms with Crippen molar-refractivity contribution >= 4 is 38.6 Å². The largest absolute Gasteiger partial charge is 0.489 e. The average molecular weight is 265 g/mol. The smallest absolute Gasteiger partial charge is 0.148 e. The Bertz CT molecular complexity index is 572. The Labute approximate surface area is 110 Å². The first-order valence-electron chi connectivity index (χ1n) is 5.49. The van der Waals surface area contributed by atoms with Gasteiger partial charge in [-0.25, -0.2) is 0 Å². The Morgan fingerprint density at radius 2 is 2.12 bits per heavy atom. The van der Waals surface area contributed by atoms with E-state index in [0.29, 0.717) is 4.99 Å². The molecule has 0 spiro atoms. The molecule has 0 atom stereocenters. The molecular weight excluding hydrogens is 250 g/mol. The molecule has 2 aromatic rings. The number of rotatable bonds is 3. The Morgan fingerprint density at radius 3 is 2.71 bits per heavy atom. The van der Waals surface area contributed by atoms with Gasteiger partial charge in [-0.3, -0.25) is 0 Å². The number of benzene rings is 1. The van der Waals surface area contributed by atoms with Gasteiger partial charge in [0.2, 0.25) is 0 Å². The number of thiophene rings is 1. The summed E-state index contributed by atoms with van der Waals surface area (Å²) in [5, 5.41) is 1.13. The van der Waals surface area contributed by atoms with Gasteiger partial charge in [-0.2, -0.15) is 0 Å². The predicted molar refractivity (Wildman–Crippen MR) is 78.2 cm³/mol. The molecule has 1 aromatic heterocycles. The topological polar surface area (TPSA) is 35.2 Å². The molecule has 0 bridgehead atoms. The minimum Gasteiger partial charge on any atom is -0.489 e. The molecule has 1 heterocycles. The maximum atomic E-state index is 5.88. The highest BCUT2D eigenvalue weighted by Gasteiger charge is 2.17. The molecule has 1 aromatic carbocycles. The number of fused-ring (bicyclic) bond motifs is 1. The highest BCUT2D eigenvalue weighted by atomic mass is 32.1. The normalized spacial score (nSPS) is 11.1. The van der Waals surface area contributed by atoms with E-state index in [1.807, 2.05) is 19.9 Å². The van der Waals surface area contributed by atoms with Gasteiger partial charge in [0, 0.05) is 10.1 Å². The Morgan fingerprint density at radius 1 is 1.41 bits per heavy atom. The zero-order valence-electron chi connectivity index (χ0n) is 10.1. The van der Waals surface area contributed by atoms with E-state index in [-0.39, 0.29) is 6.10 Å². The summed E-state index contributed by atoms with van der Waals surface area (Å²) >= 11 is 6.69. The van der Waals surface area contributed by atoms with E-state index >= 15 is 0 Å². The van der Waals surface area contributed by atoms with Crippen LogP contribution < -0.4 is 10.5 Å². The zero-order valence-corrected chi connectivity index (χ0v) is 11.7. The first-order valence-corrected chi connectivity index (χ1v) is 6.71. The third kappa shape index (κ3) is 2.28. The molecule has 0 saturated heterocycles. The van der Waals surface area contributed by atoms with Crippen molar-refractivity contribution in [1.82, 2.24) is 0 Å². The van der Waals surface area contributed by atoms with Crippen LogP contribution in [0.3, 0.4) is 0 Å². The lowest BCUT2D eigenvalue weighted by molar-refractivity contribution is 0.246. The molecule has 2 nitrogen and oxygen atoms in total. The van der Waals surface area contributed by atoms with Gasteiger partial charge in [-0.05, 0) is 32.4 Å². The van der Waals surface area contributed by atoms with Crippen LogP contribution in [-0.2, 0) is 0 Å². The Kier molecular flexibility index (Phi) is 3.35. The summed E-state index contributed by atoms with van der Waals surface area (Å²) in [5.74, 6) is 0.839. The van der Waals surface area contributed by atoms with Crippen molar-refractivity contribution in [2.24, 2.45) is 5.73 Å². The number of thiocarbonyl (C=S) groups is 1. The number of nitrogens with two attached hydrogens (primary N) is 1. The Hall–Kier alpha value is -1.13. The molecule has 4 heteroatoms. The first-order chi connectivity index (χ1) is 8.00. The van der Waals surface area contributed by atoms with E-state index < -0.39 is 0 Å². The predicted octanol–water partition coefficient (Wildman–Crippen LogP) is 3.63. The van der Waals surface area contributed by atoms with Crippen molar-refractivity contribution in [3.8, 4) is 5.75 Å². The lowest BCUT2D eigenvalue weighted by Crippen LogP contribution is -2.12. The van der Waals surface area contributed by atoms with Crippen molar-refractivity contribution in [3.05, 3.63) is 28.6 Å². The van der Waals surface area contributed by atoms with Crippen LogP contribution in [0.1, 0.15) is 24.3 Å². The third-order valence-electron chi connectivity index (χ3n) is 2.46. The van der Waals surface area contributed by atoms with Crippen LogP contribution >= 0.6 is 23.6 Å². The molecule has 2 rings (SSSR count). The molecule has 17 heavy (non-hydrogen) atoms. The van der Waals surface area contributed by atoms with Crippen LogP contribution in [0, 0.1) is 6.92 Å². The van der Waals surface area contributed by atoms with Crippen LogP contribution in [0.25, 0.3) is 10.1 Å². The number of hydrogen-bond donors (Lipinski definition) is 1. The first kappa shape index (κ1) is 12.3. The molecule has 0 aliphatic carbocycles. The maximum Gasteiger partial charge on any atom is 0.148 e. The highest BCUT2D eigenvalue weighted by Crippen LogP contribution is 2.40. The fourth-order valence-electron chi connectivity index (χ4n) is 1.80. The van der Waals surface area contributed by atoms with Crippen LogP contribution in [0.4, 0.5) is 0 Å². The molecule has 2 N–H and O–H groups in total. The van der Waals surface area contributed by atoms with Crippen LogP contribution in [0.2, 0.25) is 0 Å². The highest BCUT2D eigenvalue weighted by molar-refractivity contribution is 7.81. The molecule has 0 saturated carbocycles. The average Bonchev–Trinajstić information content (AvgIpc) is 2.57. The molecule has 0 amide bonds. The van der Waals surface area contributed by atoms with Gasteiger partial charge in [0.1, 0.15) is 15.6 Å². The van der Waals surface area contributed by atoms with E-state index in [0.717, 1.165) is 16.0 Å². The summed E-state index contributed by atoms with van der Waals surface area (Å²) < 4.78 is 7.05. The molecule has 0 aliphatic heterocycles. The van der Waals surface area contributed by atoms with E-state index in [2.05, 4.69) is 19.1 Å². The van der Waals surface area contributed by atoms with Crippen LogP contribution in [0.5, 0.6) is 5.75 Å².